The first-order valence-corrected chi connectivity index (χ1v) is 6.81. The number of carbonyl (C=O) groups excluding carboxylic acids is 1. The molecule has 0 radical (unpaired) electrons. The standard InChI is InChI=1S/C16H13Cl2NO/c1-11(9-12-5-3-2-4-6-12)19-16(20)14-8-7-13(17)10-15(14)18/h2-10H,1H3,(H,19,20)/b11-9-. The molecule has 2 nitrogen and oxygen atoms in total. The van der Waals surface area contributed by atoms with Gasteiger partial charge >= 0.3 is 0 Å². The van der Waals surface area contributed by atoms with E-state index in [-0.39, 0.29) is 5.91 Å². The van der Waals surface area contributed by atoms with E-state index in [0.717, 1.165) is 11.3 Å². The van der Waals surface area contributed by atoms with Crippen LogP contribution in [0.5, 0.6) is 0 Å². The van der Waals surface area contributed by atoms with Gasteiger partial charge in [-0.15, -0.1) is 0 Å². The van der Waals surface area contributed by atoms with Gasteiger partial charge in [-0.3, -0.25) is 4.79 Å². The van der Waals surface area contributed by atoms with E-state index in [1.54, 1.807) is 18.2 Å². The summed E-state index contributed by atoms with van der Waals surface area (Å²) < 4.78 is 0. The summed E-state index contributed by atoms with van der Waals surface area (Å²) in [7, 11) is 0. The second-order valence-corrected chi connectivity index (χ2v) is 5.16. The third-order valence-corrected chi connectivity index (χ3v) is 3.22. The van der Waals surface area contributed by atoms with Crippen molar-refractivity contribution in [3.63, 3.8) is 0 Å². The minimum Gasteiger partial charge on any atom is -0.326 e. The highest BCUT2D eigenvalue weighted by atomic mass is 35.5. The summed E-state index contributed by atoms with van der Waals surface area (Å²) in [6, 6.07) is 14.5. The van der Waals surface area contributed by atoms with Gasteiger partial charge in [0, 0.05) is 10.7 Å². The molecule has 0 spiro atoms. The Morgan fingerprint density at radius 2 is 1.80 bits per heavy atom. The lowest BCUT2D eigenvalue weighted by atomic mass is 10.2. The van der Waals surface area contributed by atoms with Gasteiger partial charge in [-0.25, -0.2) is 0 Å². The zero-order chi connectivity index (χ0) is 14.5. The molecule has 20 heavy (non-hydrogen) atoms. The lowest BCUT2D eigenvalue weighted by Gasteiger charge is -2.07. The summed E-state index contributed by atoms with van der Waals surface area (Å²) in [5.74, 6) is -0.253. The third-order valence-electron chi connectivity index (χ3n) is 2.67. The number of nitrogens with one attached hydrogen (secondary N) is 1. The number of rotatable bonds is 3. The Labute approximate surface area is 128 Å². The number of amides is 1. The Kier molecular flexibility index (Phi) is 4.83. The van der Waals surface area contributed by atoms with Gasteiger partial charge in [-0.1, -0.05) is 53.5 Å². The van der Waals surface area contributed by atoms with Crippen LogP contribution in [0.25, 0.3) is 6.08 Å². The molecule has 0 aliphatic rings. The van der Waals surface area contributed by atoms with Crippen molar-refractivity contribution in [1.82, 2.24) is 5.32 Å². The molecule has 0 saturated carbocycles. The summed E-state index contributed by atoms with van der Waals surface area (Å²) in [5, 5.41) is 3.64. The Bertz CT molecular complexity index is 651. The predicted octanol–water partition coefficient (Wildman–Crippen LogP) is 4.78. The molecule has 2 aromatic rings. The molecule has 102 valence electrons. The summed E-state index contributed by atoms with van der Waals surface area (Å²) >= 11 is 11.8. The highest BCUT2D eigenvalue weighted by Gasteiger charge is 2.10. The zero-order valence-electron chi connectivity index (χ0n) is 10.9. The number of halogens is 2. The molecular weight excluding hydrogens is 293 g/mol. The maximum absolute atomic E-state index is 12.1. The van der Waals surface area contributed by atoms with E-state index in [0.29, 0.717) is 15.6 Å². The SMILES string of the molecule is C/C(=C/c1ccccc1)NC(=O)c1ccc(Cl)cc1Cl. The first kappa shape index (κ1) is 14.6. The molecule has 0 fully saturated rings. The van der Waals surface area contributed by atoms with Gasteiger partial charge < -0.3 is 5.32 Å². The quantitative estimate of drug-likeness (QED) is 0.868. The molecule has 1 amide bonds. The molecule has 0 unspecified atom stereocenters. The molecule has 0 bridgehead atoms. The van der Waals surface area contributed by atoms with Crippen LogP contribution in [0.1, 0.15) is 22.8 Å². The largest absolute Gasteiger partial charge is 0.326 e. The first-order chi connectivity index (χ1) is 9.56. The summed E-state index contributed by atoms with van der Waals surface area (Å²) in [6.45, 7) is 1.83. The van der Waals surface area contributed by atoms with Gasteiger partial charge in [0.2, 0.25) is 0 Å². The predicted molar refractivity (Wildman–Crippen MR) is 84.0 cm³/mol. The van der Waals surface area contributed by atoms with Crippen LogP contribution in [-0.4, -0.2) is 5.91 Å². The summed E-state index contributed by atoms with van der Waals surface area (Å²) in [4.78, 5) is 12.1. The number of carbonyl (C=O) groups is 1. The molecule has 0 aromatic heterocycles. The van der Waals surface area contributed by atoms with E-state index in [2.05, 4.69) is 5.32 Å². The van der Waals surface area contributed by atoms with Crippen LogP contribution in [0.2, 0.25) is 10.0 Å². The minimum absolute atomic E-state index is 0.253. The Morgan fingerprint density at radius 1 is 1.10 bits per heavy atom. The number of allylic oxidation sites excluding steroid dienone is 1. The minimum atomic E-state index is -0.253. The molecule has 0 heterocycles. The number of hydrogen-bond donors (Lipinski definition) is 1. The van der Waals surface area contributed by atoms with E-state index in [1.807, 2.05) is 43.3 Å². The average molecular weight is 306 g/mol. The highest BCUT2D eigenvalue weighted by Crippen LogP contribution is 2.21. The summed E-state index contributed by atoms with van der Waals surface area (Å²) in [6.07, 6.45) is 1.89. The molecule has 1 N–H and O–H groups in total. The Morgan fingerprint density at radius 3 is 2.45 bits per heavy atom. The highest BCUT2D eigenvalue weighted by molar-refractivity contribution is 6.36. The van der Waals surface area contributed by atoms with E-state index in [9.17, 15) is 4.79 Å². The van der Waals surface area contributed by atoms with Crippen LogP contribution in [0.3, 0.4) is 0 Å². The van der Waals surface area contributed by atoms with Gasteiger partial charge in [-0.2, -0.15) is 0 Å². The van der Waals surface area contributed by atoms with Crippen molar-refractivity contribution in [2.24, 2.45) is 0 Å². The van der Waals surface area contributed by atoms with Crippen molar-refractivity contribution in [3.05, 3.63) is 75.4 Å². The Hall–Kier alpha value is -1.77. The van der Waals surface area contributed by atoms with Gasteiger partial charge in [-0.05, 0) is 36.8 Å². The summed E-state index contributed by atoms with van der Waals surface area (Å²) in [5.41, 5.74) is 2.16. The lowest BCUT2D eigenvalue weighted by Crippen LogP contribution is -2.21. The molecule has 4 heteroatoms. The maximum atomic E-state index is 12.1. The van der Waals surface area contributed by atoms with Crippen LogP contribution in [-0.2, 0) is 0 Å². The molecule has 0 atom stereocenters. The van der Waals surface area contributed by atoms with E-state index in [1.165, 1.54) is 0 Å². The van der Waals surface area contributed by atoms with Gasteiger partial charge in [0.25, 0.3) is 5.91 Å². The second kappa shape index (κ2) is 6.60. The van der Waals surface area contributed by atoms with E-state index in [4.69, 9.17) is 23.2 Å². The average Bonchev–Trinajstić information content (AvgIpc) is 2.39. The topological polar surface area (TPSA) is 29.1 Å². The van der Waals surface area contributed by atoms with Crippen LogP contribution in [0.15, 0.2) is 54.2 Å². The van der Waals surface area contributed by atoms with Crippen LogP contribution < -0.4 is 5.32 Å². The van der Waals surface area contributed by atoms with Gasteiger partial charge in [0.05, 0.1) is 10.6 Å². The first-order valence-electron chi connectivity index (χ1n) is 6.06. The monoisotopic (exact) mass is 305 g/mol. The molecule has 0 aliphatic carbocycles. The van der Waals surface area contributed by atoms with E-state index >= 15 is 0 Å². The van der Waals surface area contributed by atoms with E-state index < -0.39 is 0 Å². The van der Waals surface area contributed by atoms with Crippen molar-refractivity contribution >= 4 is 35.2 Å². The van der Waals surface area contributed by atoms with Crippen molar-refractivity contribution in [2.45, 2.75) is 6.92 Å². The molecular formula is C16H13Cl2NO. The van der Waals surface area contributed by atoms with Crippen LogP contribution >= 0.6 is 23.2 Å². The van der Waals surface area contributed by atoms with Crippen molar-refractivity contribution in [1.29, 1.82) is 0 Å². The van der Waals surface area contributed by atoms with Crippen LogP contribution in [0, 0.1) is 0 Å². The molecule has 2 rings (SSSR count). The fourth-order valence-corrected chi connectivity index (χ4v) is 2.25. The molecule has 0 aliphatic heterocycles. The smallest absolute Gasteiger partial charge is 0.256 e. The Balaban J connectivity index is 2.13. The zero-order valence-corrected chi connectivity index (χ0v) is 12.4. The van der Waals surface area contributed by atoms with Gasteiger partial charge in [0.1, 0.15) is 0 Å². The van der Waals surface area contributed by atoms with Crippen molar-refractivity contribution in [2.75, 3.05) is 0 Å². The van der Waals surface area contributed by atoms with Crippen molar-refractivity contribution in [3.8, 4) is 0 Å². The van der Waals surface area contributed by atoms with Crippen LogP contribution in [0.4, 0.5) is 0 Å². The number of benzene rings is 2. The normalized spacial score (nSPS) is 11.2. The third kappa shape index (κ3) is 3.86. The fourth-order valence-electron chi connectivity index (χ4n) is 1.76. The lowest BCUT2D eigenvalue weighted by molar-refractivity contribution is 0.0966. The molecule has 0 saturated heterocycles. The fraction of sp³-hybridized carbons (Fsp3) is 0.0625. The maximum Gasteiger partial charge on any atom is 0.256 e. The second-order valence-electron chi connectivity index (χ2n) is 4.32. The van der Waals surface area contributed by atoms with Crippen molar-refractivity contribution < 1.29 is 4.79 Å². The number of hydrogen-bond acceptors (Lipinski definition) is 1. The molecule has 2 aromatic carbocycles. The van der Waals surface area contributed by atoms with Gasteiger partial charge in [0.15, 0.2) is 0 Å².